The highest BCUT2D eigenvalue weighted by Crippen LogP contribution is 2.34. The molecule has 0 aromatic carbocycles. The normalized spacial score (nSPS) is 17.5. The minimum atomic E-state index is 0.420. The molecule has 0 bridgehead atoms. The molecule has 1 N–H and O–H groups in total. The fraction of sp³-hybridized carbons (Fsp3) is 0.350. The van der Waals surface area contributed by atoms with E-state index in [0.29, 0.717) is 6.04 Å². The molecule has 1 aliphatic rings. The monoisotopic (exact) mass is 348 g/mol. The van der Waals surface area contributed by atoms with Crippen molar-refractivity contribution in [2.24, 2.45) is 7.05 Å². The Morgan fingerprint density at radius 1 is 1.23 bits per heavy atom. The molecule has 1 atom stereocenters. The maximum Gasteiger partial charge on any atom is 0.134 e. The van der Waals surface area contributed by atoms with Gasteiger partial charge in [0.2, 0.25) is 0 Å². The van der Waals surface area contributed by atoms with Crippen molar-refractivity contribution in [2.75, 3.05) is 11.9 Å². The molecule has 4 heterocycles. The van der Waals surface area contributed by atoms with Gasteiger partial charge in [0.1, 0.15) is 11.6 Å². The molecule has 0 saturated carbocycles. The van der Waals surface area contributed by atoms with Crippen LogP contribution in [-0.4, -0.2) is 31.2 Å². The molecule has 1 fully saturated rings. The zero-order valence-corrected chi connectivity index (χ0v) is 15.3. The number of rotatable bonds is 5. The van der Waals surface area contributed by atoms with Gasteiger partial charge in [-0.3, -0.25) is 9.58 Å². The molecule has 0 aliphatic carbocycles. The Balaban J connectivity index is 1.52. The van der Waals surface area contributed by atoms with Crippen LogP contribution in [0, 0.1) is 6.92 Å². The molecule has 6 heteroatoms. The number of anilines is 2. The third kappa shape index (κ3) is 3.60. The predicted molar refractivity (Wildman–Crippen MR) is 102 cm³/mol. The van der Waals surface area contributed by atoms with Crippen LogP contribution in [0.25, 0.3) is 0 Å². The minimum Gasteiger partial charge on any atom is -0.325 e. The third-order valence-electron chi connectivity index (χ3n) is 4.93. The molecule has 134 valence electrons. The number of aryl methyl sites for hydroxylation is 2. The van der Waals surface area contributed by atoms with Crippen molar-refractivity contribution in [3.05, 3.63) is 65.7 Å². The lowest BCUT2D eigenvalue weighted by Crippen LogP contribution is -2.22. The van der Waals surface area contributed by atoms with Gasteiger partial charge in [0, 0.05) is 43.8 Å². The van der Waals surface area contributed by atoms with E-state index in [4.69, 9.17) is 0 Å². The Labute approximate surface area is 153 Å². The van der Waals surface area contributed by atoms with Gasteiger partial charge >= 0.3 is 0 Å². The van der Waals surface area contributed by atoms with Gasteiger partial charge in [-0.1, -0.05) is 6.07 Å². The molecule has 1 saturated heterocycles. The quantitative estimate of drug-likeness (QED) is 0.763. The Bertz CT molecular complexity index is 887. The number of likely N-dealkylation sites (tertiary alicyclic amines) is 1. The van der Waals surface area contributed by atoms with Crippen LogP contribution in [0.1, 0.15) is 35.6 Å². The van der Waals surface area contributed by atoms with E-state index in [1.807, 2.05) is 43.2 Å². The maximum atomic E-state index is 4.48. The van der Waals surface area contributed by atoms with Crippen molar-refractivity contribution in [2.45, 2.75) is 32.4 Å². The Morgan fingerprint density at radius 2 is 2.15 bits per heavy atom. The van der Waals surface area contributed by atoms with Crippen LogP contribution in [0.5, 0.6) is 0 Å². The lowest BCUT2D eigenvalue weighted by atomic mass is 10.1. The molecule has 0 radical (unpaired) electrons. The zero-order valence-electron chi connectivity index (χ0n) is 15.3. The summed E-state index contributed by atoms with van der Waals surface area (Å²) in [5, 5.41) is 7.64. The standard InChI is InChI=1S/C20H24N6/c1-15-5-3-8-22-20(15)24-19-11-17(7-9-21-19)18-6-4-10-26(18)14-16-12-23-25(2)13-16/h3,5,7-9,11-13,18H,4,6,10,14H2,1-2H3,(H,21,22,24)/t18-/m0/s1. The van der Waals surface area contributed by atoms with Crippen molar-refractivity contribution in [3.63, 3.8) is 0 Å². The van der Waals surface area contributed by atoms with Gasteiger partial charge in [0.25, 0.3) is 0 Å². The van der Waals surface area contributed by atoms with E-state index < -0.39 is 0 Å². The second-order valence-electron chi connectivity index (χ2n) is 6.92. The molecule has 4 rings (SSSR count). The van der Waals surface area contributed by atoms with Crippen LogP contribution >= 0.6 is 0 Å². The topological polar surface area (TPSA) is 58.9 Å². The molecular formula is C20H24N6. The van der Waals surface area contributed by atoms with Crippen LogP contribution in [0.2, 0.25) is 0 Å². The number of nitrogens with one attached hydrogen (secondary N) is 1. The lowest BCUT2D eigenvalue weighted by molar-refractivity contribution is 0.248. The summed E-state index contributed by atoms with van der Waals surface area (Å²) in [6, 6.07) is 8.69. The number of aromatic nitrogens is 4. The van der Waals surface area contributed by atoms with Crippen molar-refractivity contribution in [1.29, 1.82) is 0 Å². The summed E-state index contributed by atoms with van der Waals surface area (Å²) in [6.45, 7) is 4.10. The number of pyridine rings is 2. The molecule has 0 amide bonds. The Hall–Kier alpha value is -2.73. The maximum absolute atomic E-state index is 4.48. The molecule has 6 nitrogen and oxygen atoms in total. The summed E-state index contributed by atoms with van der Waals surface area (Å²) < 4.78 is 1.87. The average Bonchev–Trinajstić information content (AvgIpc) is 3.26. The average molecular weight is 348 g/mol. The van der Waals surface area contributed by atoms with Crippen molar-refractivity contribution in [3.8, 4) is 0 Å². The minimum absolute atomic E-state index is 0.420. The Morgan fingerprint density at radius 3 is 2.96 bits per heavy atom. The van der Waals surface area contributed by atoms with Crippen molar-refractivity contribution >= 4 is 11.6 Å². The lowest BCUT2D eigenvalue weighted by Gasteiger charge is -2.24. The van der Waals surface area contributed by atoms with E-state index in [1.165, 1.54) is 24.0 Å². The summed E-state index contributed by atoms with van der Waals surface area (Å²) in [4.78, 5) is 11.4. The van der Waals surface area contributed by atoms with Gasteiger partial charge in [-0.15, -0.1) is 0 Å². The molecule has 3 aromatic rings. The first-order valence-electron chi connectivity index (χ1n) is 9.05. The number of nitrogens with zero attached hydrogens (tertiary/aromatic N) is 5. The summed E-state index contributed by atoms with van der Waals surface area (Å²) in [7, 11) is 1.96. The second kappa shape index (κ2) is 7.25. The van der Waals surface area contributed by atoms with E-state index in [-0.39, 0.29) is 0 Å². The summed E-state index contributed by atoms with van der Waals surface area (Å²) in [6.07, 6.45) is 10.1. The predicted octanol–water partition coefficient (Wildman–Crippen LogP) is 3.60. The summed E-state index contributed by atoms with van der Waals surface area (Å²) >= 11 is 0. The summed E-state index contributed by atoms with van der Waals surface area (Å²) in [5.74, 6) is 1.70. The largest absolute Gasteiger partial charge is 0.325 e. The van der Waals surface area contributed by atoms with Gasteiger partial charge < -0.3 is 5.32 Å². The van der Waals surface area contributed by atoms with E-state index in [1.54, 1.807) is 6.20 Å². The van der Waals surface area contributed by atoms with E-state index >= 15 is 0 Å². The molecule has 0 unspecified atom stereocenters. The van der Waals surface area contributed by atoms with Crippen LogP contribution in [0.3, 0.4) is 0 Å². The van der Waals surface area contributed by atoms with Gasteiger partial charge in [0.05, 0.1) is 6.20 Å². The van der Waals surface area contributed by atoms with E-state index in [2.05, 4.69) is 43.6 Å². The van der Waals surface area contributed by atoms with E-state index in [9.17, 15) is 0 Å². The zero-order chi connectivity index (χ0) is 17.9. The van der Waals surface area contributed by atoms with Crippen LogP contribution in [0.15, 0.2) is 49.1 Å². The van der Waals surface area contributed by atoms with Crippen molar-refractivity contribution in [1.82, 2.24) is 24.6 Å². The smallest absolute Gasteiger partial charge is 0.134 e. The summed E-state index contributed by atoms with van der Waals surface area (Å²) in [5.41, 5.74) is 3.67. The molecule has 3 aromatic heterocycles. The SMILES string of the molecule is Cc1cccnc1Nc1cc([C@@H]2CCCN2Cc2cnn(C)c2)ccn1. The van der Waals surface area contributed by atoms with Gasteiger partial charge in [-0.25, -0.2) is 9.97 Å². The first-order valence-corrected chi connectivity index (χ1v) is 9.05. The van der Waals surface area contributed by atoms with Crippen LogP contribution in [0.4, 0.5) is 11.6 Å². The molecule has 26 heavy (non-hydrogen) atoms. The highest BCUT2D eigenvalue weighted by atomic mass is 15.2. The third-order valence-corrected chi connectivity index (χ3v) is 4.93. The van der Waals surface area contributed by atoms with Gasteiger partial charge in [0.15, 0.2) is 0 Å². The number of hydrogen-bond donors (Lipinski definition) is 1. The Kier molecular flexibility index (Phi) is 4.67. The first-order chi connectivity index (χ1) is 12.7. The van der Waals surface area contributed by atoms with Gasteiger partial charge in [-0.2, -0.15) is 5.10 Å². The fourth-order valence-corrected chi connectivity index (χ4v) is 3.64. The molecule has 1 aliphatic heterocycles. The highest BCUT2D eigenvalue weighted by Gasteiger charge is 2.26. The van der Waals surface area contributed by atoms with E-state index in [0.717, 1.165) is 30.3 Å². The number of hydrogen-bond acceptors (Lipinski definition) is 5. The second-order valence-corrected chi connectivity index (χ2v) is 6.92. The fourth-order valence-electron chi connectivity index (χ4n) is 3.64. The molecule has 0 spiro atoms. The molecular weight excluding hydrogens is 324 g/mol. The van der Waals surface area contributed by atoms with Crippen LogP contribution < -0.4 is 5.32 Å². The highest BCUT2D eigenvalue weighted by molar-refractivity contribution is 5.56. The van der Waals surface area contributed by atoms with Crippen LogP contribution in [-0.2, 0) is 13.6 Å². The first kappa shape index (κ1) is 16.7. The van der Waals surface area contributed by atoms with Crippen molar-refractivity contribution < 1.29 is 0 Å². The van der Waals surface area contributed by atoms with Gasteiger partial charge in [-0.05, 0) is 55.6 Å².